The van der Waals surface area contributed by atoms with Crippen molar-refractivity contribution in [1.82, 2.24) is 24.7 Å². The van der Waals surface area contributed by atoms with Crippen LogP contribution >= 0.6 is 0 Å². The van der Waals surface area contributed by atoms with Crippen molar-refractivity contribution < 1.29 is 9.53 Å². The number of hydrogen-bond acceptors (Lipinski definition) is 6. The van der Waals surface area contributed by atoms with E-state index in [1.807, 2.05) is 17.0 Å². The van der Waals surface area contributed by atoms with Crippen LogP contribution in [0, 0.1) is 0 Å². The van der Waals surface area contributed by atoms with Crippen LogP contribution in [-0.2, 0) is 16.0 Å². The quantitative estimate of drug-likeness (QED) is 0.850. The Morgan fingerprint density at radius 3 is 2.61 bits per heavy atom. The fourth-order valence-electron chi connectivity index (χ4n) is 4.07. The Hall–Kier alpha value is -2.22. The van der Waals surface area contributed by atoms with Crippen molar-refractivity contribution in [2.75, 3.05) is 31.6 Å². The van der Waals surface area contributed by atoms with Crippen LogP contribution in [0.1, 0.15) is 57.2 Å². The van der Waals surface area contributed by atoms with Crippen molar-refractivity contribution in [2.24, 2.45) is 0 Å². The van der Waals surface area contributed by atoms with Gasteiger partial charge in [-0.1, -0.05) is 32.1 Å². The number of nitrogens with zero attached hydrogens (tertiary/aromatic N) is 5. The molecule has 0 spiro atoms. The van der Waals surface area contributed by atoms with Gasteiger partial charge in [0.2, 0.25) is 5.91 Å². The number of aromatic nitrogens is 4. The molecule has 0 bridgehead atoms. The van der Waals surface area contributed by atoms with E-state index in [9.17, 15) is 4.79 Å². The van der Waals surface area contributed by atoms with E-state index in [4.69, 9.17) is 9.84 Å². The Morgan fingerprint density at radius 1 is 1.07 bits per heavy atom. The average molecular weight is 387 g/mol. The highest BCUT2D eigenvalue weighted by Crippen LogP contribution is 2.20. The average Bonchev–Trinajstić information content (AvgIpc) is 3.11. The van der Waals surface area contributed by atoms with Crippen LogP contribution in [-0.4, -0.2) is 63.0 Å². The molecule has 152 valence electrons. The van der Waals surface area contributed by atoms with Gasteiger partial charge >= 0.3 is 0 Å². The van der Waals surface area contributed by atoms with Gasteiger partial charge in [0.1, 0.15) is 5.82 Å². The molecule has 2 fully saturated rings. The van der Waals surface area contributed by atoms with E-state index in [0.717, 1.165) is 17.3 Å². The van der Waals surface area contributed by atoms with Crippen LogP contribution in [0.3, 0.4) is 0 Å². The number of amides is 1. The first-order valence-corrected chi connectivity index (χ1v) is 10.6. The normalized spacial score (nSPS) is 19.4. The van der Waals surface area contributed by atoms with E-state index in [1.165, 1.54) is 44.9 Å². The molecule has 0 aromatic carbocycles. The van der Waals surface area contributed by atoms with Crippen LogP contribution < -0.4 is 5.32 Å². The fraction of sp³-hybridized carbons (Fsp3) is 0.700. The number of rotatable bonds is 5. The number of nitrogens with one attached hydrogen (secondary N) is 1. The second kappa shape index (κ2) is 9.32. The van der Waals surface area contributed by atoms with Crippen LogP contribution in [0.2, 0.25) is 0 Å². The number of fused-ring (bicyclic) bond motifs is 1. The lowest BCUT2D eigenvalue weighted by Gasteiger charge is -2.26. The second-order valence-electron chi connectivity index (χ2n) is 7.78. The first kappa shape index (κ1) is 19.1. The van der Waals surface area contributed by atoms with Gasteiger partial charge < -0.3 is 15.0 Å². The predicted octanol–water partition coefficient (Wildman–Crippen LogP) is 2.44. The molecule has 0 atom stereocenters. The van der Waals surface area contributed by atoms with E-state index in [-0.39, 0.29) is 5.91 Å². The summed E-state index contributed by atoms with van der Waals surface area (Å²) in [6.07, 6.45) is 9.94. The van der Waals surface area contributed by atoms with Gasteiger partial charge in [-0.2, -0.15) is 4.52 Å². The molecule has 1 aliphatic heterocycles. The summed E-state index contributed by atoms with van der Waals surface area (Å²) < 4.78 is 7.09. The molecule has 0 unspecified atom stereocenters. The lowest BCUT2D eigenvalue weighted by atomic mass is 9.97. The summed E-state index contributed by atoms with van der Waals surface area (Å²) in [5.74, 6) is 1.74. The van der Waals surface area contributed by atoms with Gasteiger partial charge in [-0.3, -0.25) is 4.79 Å². The van der Waals surface area contributed by atoms with Gasteiger partial charge in [-0.15, -0.1) is 15.3 Å². The first-order valence-electron chi connectivity index (χ1n) is 10.6. The largest absolute Gasteiger partial charge is 0.378 e. The molecule has 1 aliphatic carbocycles. The number of ether oxygens (including phenoxy) is 1. The maximum absolute atomic E-state index is 12.4. The lowest BCUT2D eigenvalue weighted by Crippen LogP contribution is -2.40. The minimum atomic E-state index is 0.142. The minimum Gasteiger partial charge on any atom is -0.378 e. The van der Waals surface area contributed by atoms with Gasteiger partial charge in [0.05, 0.1) is 13.2 Å². The Morgan fingerprint density at radius 2 is 1.82 bits per heavy atom. The van der Waals surface area contributed by atoms with Crippen molar-refractivity contribution in [2.45, 2.75) is 63.8 Å². The molecular formula is C20H30N6O2. The van der Waals surface area contributed by atoms with Crippen molar-refractivity contribution in [1.29, 1.82) is 0 Å². The number of carbonyl (C=O) groups excluding carboxylic acids is 1. The van der Waals surface area contributed by atoms with Gasteiger partial charge in [-0.05, 0) is 25.0 Å². The molecule has 0 radical (unpaired) electrons. The van der Waals surface area contributed by atoms with Gasteiger partial charge in [-0.25, -0.2) is 0 Å². The third-order valence-electron chi connectivity index (χ3n) is 5.71. The smallest absolute Gasteiger partial charge is 0.223 e. The van der Waals surface area contributed by atoms with Crippen LogP contribution in [0.5, 0.6) is 0 Å². The number of carbonyl (C=O) groups is 1. The monoisotopic (exact) mass is 386 g/mol. The summed E-state index contributed by atoms with van der Waals surface area (Å²) in [6, 6.07) is 4.40. The Kier molecular flexibility index (Phi) is 6.36. The van der Waals surface area contributed by atoms with Gasteiger partial charge in [0.15, 0.2) is 11.5 Å². The third-order valence-corrected chi connectivity index (χ3v) is 5.71. The molecule has 2 aliphatic rings. The Labute approximate surface area is 165 Å². The molecular weight excluding hydrogens is 356 g/mol. The Balaban J connectivity index is 1.40. The molecule has 4 rings (SSSR count). The predicted molar refractivity (Wildman–Crippen MR) is 106 cm³/mol. The SMILES string of the molecule is O=C(CCc1nnc2ccc(NC3CCCCCCC3)nn12)N1CCOCC1. The zero-order chi connectivity index (χ0) is 19.2. The van der Waals surface area contributed by atoms with Crippen LogP contribution in [0.15, 0.2) is 12.1 Å². The number of morpholine rings is 1. The zero-order valence-corrected chi connectivity index (χ0v) is 16.5. The lowest BCUT2D eigenvalue weighted by molar-refractivity contribution is -0.135. The van der Waals surface area contributed by atoms with E-state index >= 15 is 0 Å². The van der Waals surface area contributed by atoms with E-state index in [2.05, 4.69) is 15.5 Å². The van der Waals surface area contributed by atoms with Crippen molar-refractivity contribution in [3.63, 3.8) is 0 Å². The van der Waals surface area contributed by atoms with Crippen molar-refractivity contribution in [3.05, 3.63) is 18.0 Å². The summed E-state index contributed by atoms with van der Waals surface area (Å²) in [5, 5.41) is 16.8. The molecule has 1 saturated heterocycles. The Bertz CT molecular complexity index is 778. The van der Waals surface area contributed by atoms with E-state index in [1.54, 1.807) is 4.52 Å². The summed E-state index contributed by atoms with van der Waals surface area (Å²) in [6.45, 7) is 2.59. The van der Waals surface area contributed by atoms with Crippen LogP contribution in [0.4, 0.5) is 5.82 Å². The standard InChI is InChI=1S/C20H30N6O2/c27-20(25-12-14-28-15-13-25)11-10-19-23-22-18-9-8-17(24-26(18)19)21-16-6-4-2-1-3-5-7-16/h8-9,16H,1-7,10-15H2,(H,21,24). The van der Waals surface area contributed by atoms with Gasteiger partial charge in [0, 0.05) is 32.0 Å². The highest BCUT2D eigenvalue weighted by atomic mass is 16.5. The summed E-state index contributed by atoms with van der Waals surface area (Å²) in [7, 11) is 0. The van der Waals surface area contributed by atoms with Gasteiger partial charge in [0.25, 0.3) is 0 Å². The van der Waals surface area contributed by atoms with E-state index in [0.29, 0.717) is 45.2 Å². The number of hydrogen-bond donors (Lipinski definition) is 1. The molecule has 28 heavy (non-hydrogen) atoms. The van der Waals surface area contributed by atoms with Crippen molar-refractivity contribution in [3.8, 4) is 0 Å². The zero-order valence-electron chi connectivity index (χ0n) is 16.5. The molecule has 1 saturated carbocycles. The van der Waals surface area contributed by atoms with E-state index < -0.39 is 0 Å². The molecule has 8 heteroatoms. The topological polar surface area (TPSA) is 84.7 Å². The molecule has 1 amide bonds. The number of aryl methyl sites for hydroxylation is 1. The third kappa shape index (κ3) is 4.79. The molecule has 8 nitrogen and oxygen atoms in total. The highest BCUT2D eigenvalue weighted by Gasteiger charge is 2.18. The summed E-state index contributed by atoms with van der Waals surface area (Å²) in [5.41, 5.74) is 0.719. The molecule has 3 heterocycles. The fourth-order valence-corrected chi connectivity index (χ4v) is 4.07. The molecule has 2 aromatic rings. The first-order chi connectivity index (χ1) is 13.8. The second-order valence-corrected chi connectivity index (χ2v) is 7.78. The summed E-state index contributed by atoms with van der Waals surface area (Å²) >= 11 is 0. The minimum absolute atomic E-state index is 0.142. The number of anilines is 1. The maximum atomic E-state index is 12.4. The maximum Gasteiger partial charge on any atom is 0.223 e. The highest BCUT2D eigenvalue weighted by molar-refractivity contribution is 5.76. The molecule has 1 N–H and O–H groups in total. The van der Waals surface area contributed by atoms with Crippen LogP contribution in [0.25, 0.3) is 5.65 Å². The van der Waals surface area contributed by atoms with Crippen molar-refractivity contribution >= 4 is 17.4 Å². The molecule has 2 aromatic heterocycles. The summed E-state index contributed by atoms with van der Waals surface area (Å²) in [4.78, 5) is 14.3.